The van der Waals surface area contributed by atoms with Gasteiger partial charge < -0.3 is 19.4 Å². The number of hydrogen-bond donors (Lipinski definition) is 1. The van der Waals surface area contributed by atoms with E-state index in [4.69, 9.17) is 9.47 Å². The summed E-state index contributed by atoms with van der Waals surface area (Å²) in [5.74, 6) is 0.801. The van der Waals surface area contributed by atoms with Crippen molar-refractivity contribution in [3.63, 3.8) is 0 Å². The van der Waals surface area contributed by atoms with Gasteiger partial charge in [-0.1, -0.05) is 11.3 Å². The van der Waals surface area contributed by atoms with Crippen LogP contribution in [0.2, 0.25) is 0 Å². The summed E-state index contributed by atoms with van der Waals surface area (Å²) in [5.41, 5.74) is 1.88. The Labute approximate surface area is 169 Å². The summed E-state index contributed by atoms with van der Waals surface area (Å²) in [6, 6.07) is 6.91. The highest BCUT2D eigenvalue weighted by molar-refractivity contribution is 7.16. The van der Waals surface area contributed by atoms with Gasteiger partial charge in [0.2, 0.25) is 10.9 Å². The van der Waals surface area contributed by atoms with Gasteiger partial charge in [-0.15, -0.1) is 0 Å². The van der Waals surface area contributed by atoms with Gasteiger partial charge in [-0.3, -0.25) is 9.59 Å². The second-order valence-electron chi connectivity index (χ2n) is 6.45. The standard InChI is InChI=1S/C19H19N5O4S/c1-10-7-14-17(18(26)24-19(21-14)29-11(2)22-24)23(10)9-16(25)20-13-6-5-12(27-3)8-15(13)28-4/h5-8H,9H2,1-4H3,(H,20,25). The normalized spacial score (nSPS) is 11.2. The van der Waals surface area contributed by atoms with Crippen LogP contribution in [0.25, 0.3) is 16.0 Å². The number of aromatic nitrogens is 4. The maximum atomic E-state index is 12.9. The third kappa shape index (κ3) is 3.31. The number of carbonyl (C=O) groups is 1. The molecule has 4 aromatic rings. The minimum absolute atomic E-state index is 0.0450. The van der Waals surface area contributed by atoms with Crippen LogP contribution in [-0.4, -0.2) is 39.3 Å². The van der Waals surface area contributed by atoms with Crippen LogP contribution in [0.15, 0.2) is 29.1 Å². The van der Waals surface area contributed by atoms with Crippen molar-refractivity contribution in [2.45, 2.75) is 20.4 Å². The summed E-state index contributed by atoms with van der Waals surface area (Å²) >= 11 is 1.35. The first kappa shape index (κ1) is 18.9. The number of rotatable bonds is 5. The molecule has 150 valence electrons. The van der Waals surface area contributed by atoms with Crippen molar-refractivity contribution in [1.82, 2.24) is 19.2 Å². The van der Waals surface area contributed by atoms with E-state index in [0.717, 1.165) is 10.7 Å². The first-order valence-corrected chi connectivity index (χ1v) is 9.61. The number of fused-ring (bicyclic) bond motifs is 2. The first-order valence-electron chi connectivity index (χ1n) is 8.79. The van der Waals surface area contributed by atoms with Crippen LogP contribution in [0, 0.1) is 13.8 Å². The molecule has 9 nitrogen and oxygen atoms in total. The fourth-order valence-corrected chi connectivity index (χ4v) is 3.93. The van der Waals surface area contributed by atoms with Crippen molar-refractivity contribution in [3.05, 3.63) is 45.3 Å². The molecule has 0 bridgehead atoms. The van der Waals surface area contributed by atoms with Crippen molar-refractivity contribution in [3.8, 4) is 11.5 Å². The third-order valence-electron chi connectivity index (χ3n) is 4.54. The lowest BCUT2D eigenvalue weighted by Crippen LogP contribution is -2.23. The molecule has 10 heteroatoms. The third-order valence-corrected chi connectivity index (χ3v) is 5.36. The van der Waals surface area contributed by atoms with E-state index in [1.807, 2.05) is 13.8 Å². The number of anilines is 1. The van der Waals surface area contributed by atoms with E-state index in [0.29, 0.717) is 33.2 Å². The van der Waals surface area contributed by atoms with Gasteiger partial charge in [0, 0.05) is 11.8 Å². The van der Waals surface area contributed by atoms with Crippen LogP contribution in [0.1, 0.15) is 10.7 Å². The summed E-state index contributed by atoms with van der Waals surface area (Å²) in [6.45, 7) is 3.61. The molecule has 0 spiro atoms. The highest BCUT2D eigenvalue weighted by atomic mass is 32.1. The molecule has 3 aromatic heterocycles. The molecule has 0 saturated heterocycles. The Kier molecular flexibility index (Phi) is 4.71. The van der Waals surface area contributed by atoms with Crippen molar-refractivity contribution >= 4 is 38.9 Å². The molecule has 29 heavy (non-hydrogen) atoms. The molecule has 0 unspecified atom stereocenters. The number of aryl methyl sites for hydroxylation is 2. The van der Waals surface area contributed by atoms with E-state index >= 15 is 0 Å². The molecule has 4 rings (SSSR count). The number of ether oxygens (including phenoxy) is 2. The number of nitrogens with one attached hydrogen (secondary N) is 1. The van der Waals surface area contributed by atoms with Crippen molar-refractivity contribution in [2.24, 2.45) is 0 Å². The number of benzene rings is 1. The monoisotopic (exact) mass is 413 g/mol. The van der Waals surface area contributed by atoms with Gasteiger partial charge in [-0.05, 0) is 32.0 Å². The maximum absolute atomic E-state index is 12.9. The largest absolute Gasteiger partial charge is 0.497 e. The number of hydrogen-bond acceptors (Lipinski definition) is 7. The molecular formula is C19H19N5O4S. The Morgan fingerprint density at radius 3 is 2.72 bits per heavy atom. The quantitative estimate of drug-likeness (QED) is 0.539. The van der Waals surface area contributed by atoms with Crippen LogP contribution in [-0.2, 0) is 11.3 Å². The van der Waals surface area contributed by atoms with E-state index < -0.39 is 0 Å². The topological polar surface area (TPSA) is 99.7 Å². The molecule has 1 aromatic carbocycles. The van der Waals surface area contributed by atoms with Crippen molar-refractivity contribution < 1.29 is 14.3 Å². The van der Waals surface area contributed by atoms with Gasteiger partial charge in [0.25, 0.3) is 5.56 Å². The van der Waals surface area contributed by atoms with E-state index in [1.165, 1.54) is 23.0 Å². The lowest BCUT2D eigenvalue weighted by molar-refractivity contribution is -0.116. The summed E-state index contributed by atoms with van der Waals surface area (Å²) in [4.78, 5) is 30.7. The van der Waals surface area contributed by atoms with E-state index in [-0.39, 0.29) is 18.0 Å². The summed E-state index contributed by atoms with van der Waals surface area (Å²) < 4.78 is 13.4. The Morgan fingerprint density at radius 1 is 1.21 bits per heavy atom. The second kappa shape index (κ2) is 7.21. The fraction of sp³-hybridized carbons (Fsp3) is 0.263. The zero-order chi connectivity index (χ0) is 20.7. The Bertz CT molecular complexity index is 1300. The van der Waals surface area contributed by atoms with E-state index in [1.54, 1.807) is 35.9 Å². The SMILES string of the molecule is COc1ccc(NC(=O)Cn2c(C)cc3nc4sc(C)nn4c(=O)c32)c(OC)c1. The highest BCUT2D eigenvalue weighted by Crippen LogP contribution is 2.29. The zero-order valence-electron chi connectivity index (χ0n) is 16.3. The Balaban J connectivity index is 1.69. The minimum atomic E-state index is -0.298. The minimum Gasteiger partial charge on any atom is -0.497 e. The molecule has 1 N–H and O–H groups in total. The predicted octanol–water partition coefficient (Wildman–Crippen LogP) is 2.38. The second-order valence-corrected chi connectivity index (χ2v) is 7.61. The van der Waals surface area contributed by atoms with Gasteiger partial charge in [-0.25, -0.2) is 4.98 Å². The average molecular weight is 413 g/mol. The number of carbonyl (C=O) groups excluding carboxylic acids is 1. The molecular weight excluding hydrogens is 394 g/mol. The average Bonchev–Trinajstić information content (AvgIpc) is 3.21. The van der Waals surface area contributed by atoms with Gasteiger partial charge >= 0.3 is 0 Å². The van der Waals surface area contributed by atoms with Crippen LogP contribution >= 0.6 is 11.3 Å². The number of methoxy groups -OCH3 is 2. The molecule has 0 fully saturated rings. The lowest BCUT2D eigenvalue weighted by Gasteiger charge is -2.13. The Morgan fingerprint density at radius 2 is 2.00 bits per heavy atom. The van der Waals surface area contributed by atoms with Gasteiger partial charge in [0.1, 0.15) is 28.6 Å². The number of amides is 1. The lowest BCUT2D eigenvalue weighted by atomic mass is 10.2. The zero-order valence-corrected chi connectivity index (χ0v) is 17.2. The van der Waals surface area contributed by atoms with Gasteiger partial charge in [0.15, 0.2) is 0 Å². The van der Waals surface area contributed by atoms with Crippen molar-refractivity contribution in [2.75, 3.05) is 19.5 Å². The molecule has 0 atom stereocenters. The predicted molar refractivity (Wildman–Crippen MR) is 110 cm³/mol. The molecule has 0 aliphatic carbocycles. The first-order chi connectivity index (χ1) is 13.9. The molecule has 0 aliphatic heterocycles. The molecule has 0 saturated carbocycles. The van der Waals surface area contributed by atoms with Crippen LogP contribution in [0.4, 0.5) is 5.69 Å². The Hall–Kier alpha value is -3.40. The smallest absolute Gasteiger partial charge is 0.299 e. The number of nitrogens with zero attached hydrogens (tertiary/aromatic N) is 4. The highest BCUT2D eigenvalue weighted by Gasteiger charge is 2.18. The maximum Gasteiger partial charge on any atom is 0.299 e. The van der Waals surface area contributed by atoms with Crippen LogP contribution < -0.4 is 20.3 Å². The van der Waals surface area contributed by atoms with Crippen LogP contribution in [0.5, 0.6) is 11.5 Å². The molecule has 0 aliphatic rings. The fourth-order valence-electron chi connectivity index (χ4n) is 3.19. The molecule has 3 heterocycles. The van der Waals surface area contributed by atoms with Gasteiger partial charge in [-0.2, -0.15) is 9.61 Å². The summed E-state index contributed by atoms with van der Waals surface area (Å²) in [6.07, 6.45) is 0. The van der Waals surface area contributed by atoms with Gasteiger partial charge in [0.05, 0.1) is 25.4 Å². The summed E-state index contributed by atoms with van der Waals surface area (Å²) in [5, 5.41) is 7.78. The molecule has 1 amide bonds. The van der Waals surface area contributed by atoms with E-state index in [2.05, 4.69) is 15.4 Å². The molecule has 0 radical (unpaired) electrons. The van der Waals surface area contributed by atoms with E-state index in [9.17, 15) is 9.59 Å². The van der Waals surface area contributed by atoms with Crippen molar-refractivity contribution in [1.29, 1.82) is 0 Å². The summed E-state index contributed by atoms with van der Waals surface area (Å²) in [7, 11) is 3.07. The van der Waals surface area contributed by atoms with Crippen LogP contribution in [0.3, 0.4) is 0 Å².